The summed E-state index contributed by atoms with van der Waals surface area (Å²) in [5.41, 5.74) is 2.74. The van der Waals surface area contributed by atoms with Gasteiger partial charge in [-0.2, -0.15) is 0 Å². The Morgan fingerprint density at radius 3 is 2.48 bits per heavy atom. The number of urea groups is 1. The zero-order valence-corrected chi connectivity index (χ0v) is 17.5. The van der Waals surface area contributed by atoms with Gasteiger partial charge >= 0.3 is 6.03 Å². The summed E-state index contributed by atoms with van der Waals surface area (Å²) >= 11 is 1.48. The van der Waals surface area contributed by atoms with Gasteiger partial charge in [-0.05, 0) is 80.1 Å². The standard InChI is InChI=1S/C22H24N4O2S/c1-15(2)28-18-7-5-17(6-8-18)14-25-21(27)26-20-10-9-19(13-16(20)3)29-22-23-11-4-12-24-22/h4-13,15H,14H2,1-3H3,(H2,25,26,27). The van der Waals surface area contributed by atoms with Gasteiger partial charge in [0.05, 0.1) is 6.10 Å². The fourth-order valence-electron chi connectivity index (χ4n) is 2.59. The first-order chi connectivity index (χ1) is 14.0. The number of amides is 2. The second kappa shape index (κ2) is 9.93. The third kappa shape index (κ3) is 6.50. The van der Waals surface area contributed by atoms with Gasteiger partial charge in [0.1, 0.15) is 5.75 Å². The van der Waals surface area contributed by atoms with E-state index < -0.39 is 0 Å². The third-order valence-corrected chi connectivity index (χ3v) is 4.83. The molecule has 0 aliphatic rings. The van der Waals surface area contributed by atoms with E-state index in [9.17, 15) is 4.79 Å². The molecule has 29 heavy (non-hydrogen) atoms. The molecule has 1 aromatic heterocycles. The fraction of sp³-hybridized carbons (Fsp3) is 0.227. The molecule has 7 heteroatoms. The van der Waals surface area contributed by atoms with Gasteiger partial charge in [-0.3, -0.25) is 0 Å². The van der Waals surface area contributed by atoms with Gasteiger partial charge in [0.2, 0.25) is 0 Å². The van der Waals surface area contributed by atoms with Gasteiger partial charge < -0.3 is 15.4 Å². The second-order valence-corrected chi connectivity index (χ2v) is 7.77. The Balaban J connectivity index is 1.52. The minimum absolute atomic E-state index is 0.137. The highest BCUT2D eigenvalue weighted by atomic mass is 32.2. The molecule has 2 aromatic carbocycles. The van der Waals surface area contributed by atoms with Gasteiger partial charge in [-0.1, -0.05) is 12.1 Å². The first kappa shape index (κ1) is 20.7. The minimum atomic E-state index is -0.248. The monoisotopic (exact) mass is 408 g/mol. The number of nitrogens with one attached hydrogen (secondary N) is 2. The Kier molecular flexibility index (Phi) is 7.08. The van der Waals surface area contributed by atoms with Crippen molar-refractivity contribution in [2.24, 2.45) is 0 Å². The molecule has 0 bridgehead atoms. The molecule has 0 fully saturated rings. The molecule has 2 amide bonds. The molecule has 0 aliphatic carbocycles. The number of aryl methyl sites for hydroxylation is 1. The Hall–Kier alpha value is -3.06. The Bertz CT molecular complexity index is 947. The quantitative estimate of drug-likeness (QED) is 0.535. The Morgan fingerprint density at radius 1 is 1.10 bits per heavy atom. The molecule has 150 valence electrons. The Morgan fingerprint density at radius 2 is 1.83 bits per heavy atom. The number of aromatic nitrogens is 2. The predicted molar refractivity (Wildman–Crippen MR) is 115 cm³/mol. The van der Waals surface area contributed by atoms with Crippen LogP contribution < -0.4 is 15.4 Å². The highest BCUT2D eigenvalue weighted by molar-refractivity contribution is 7.99. The number of carbonyl (C=O) groups excluding carboxylic acids is 1. The number of nitrogens with zero attached hydrogens (tertiary/aromatic N) is 2. The van der Waals surface area contributed by atoms with Crippen LogP contribution in [0, 0.1) is 6.92 Å². The first-order valence-electron chi connectivity index (χ1n) is 9.35. The Labute approximate surface area is 175 Å². The van der Waals surface area contributed by atoms with Crippen LogP contribution in [0.3, 0.4) is 0 Å². The maximum atomic E-state index is 12.3. The van der Waals surface area contributed by atoms with Gasteiger partial charge in [0.25, 0.3) is 0 Å². The maximum absolute atomic E-state index is 12.3. The summed E-state index contributed by atoms with van der Waals surface area (Å²) in [6, 6.07) is 15.1. The highest BCUT2D eigenvalue weighted by Crippen LogP contribution is 2.27. The highest BCUT2D eigenvalue weighted by Gasteiger charge is 2.07. The SMILES string of the molecule is Cc1cc(Sc2ncccn2)ccc1NC(=O)NCc1ccc(OC(C)C)cc1. The third-order valence-electron chi connectivity index (χ3n) is 3.95. The average molecular weight is 409 g/mol. The van der Waals surface area contributed by atoms with E-state index in [4.69, 9.17) is 4.74 Å². The molecule has 2 N–H and O–H groups in total. The number of hydrogen-bond donors (Lipinski definition) is 2. The lowest BCUT2D eigenvalue weighted by molar-refractivity contribution is 0.242. The van der Waals surface area contributed by atoms with E-state index in [0.29, 0.717) is 11.7 Å². The van der Waals surface area contributed by atoms with Crippen molar-refractivity contribution in [3.8, 4) is 5.75 Å². The number of rotatable bonds is 7. The van der Waals surface area contributed by atoms with Gasteiger partial charge in [0, 0.05) is 29.5 Å². The van der Waals surface area contributed by atoms with E-state index in [1.54, 1.807) is 18.5 Å². The van der Waals surface area contributed by atoms with Crippen molar-refractivity contribution in [3.05, 3.63) is 72.1 Å². The zero-order valence-electron chi connectivity index (χ0n) is 16.7. The molecule has 3 rings (SSSR count). The van der Waals surface area contributed by atoms with Crippen LogP contribution in [0.2, 0.25) is 0 Å². The average Bonchev–Trinajstić information content (AvgIpc) is 2.70. The molecule has 0 saturated carbocycles. The molecule has 3 aromatic rings. The maximum Gasteiger partial charge on any atom is 0.319 e. The van der Waals surface area contributed by atoms with Crippen molar-refractivity contribution < 1.29 is 9.53 Å². The lowest BCUT2D eigenvalue weighted by Gasteiger charge is -2.12. The summed E-state index contributed by atoms with van der Waals surface area (Å²) < 4.78 is 5.62. The normalized spacial score (nSPS) is 10.6. The zero-order chi connectivity index (χ0) is 20.6. The smallest absolute Gasteiger partial charge is 0.319 e. The molecule has 0 aliphatic heterocycles. The summed E-state index contributed by atoms with van der Waals surface area (Å²) in [4.78, 5) is 21.7. The van der Waals surface area contributed by atoms with Crippen molar-refractivity contribution in [2.75, 3.05) is 5.32 Å². The number of benzene rings is 2. The van der Waals surface area contributed by atoms with E-state index in [1.165, 1.54) is 11.8 Å². The fourth-order valence-corrected chi connectivity index (χ4v) is 3.40. The van der Waals surface area contributed by atoms with E-state index in [2.05, 4.69) is 20.6 Å². The van der Waals surface area contributed by atoms with E-state index in [1.807, 2.05) is 63.2 Å². The lowest BCUT2D eigenvalue weighted by atomic mass is 10.2. The molecular formula is C22H24N4O2S. The predicted octanol–water partition coefficient (Wildman–Crippen LogP) is 5.05. The molecule has 6 nitrogen and oxygen atoms in total. The van der Waals surface area contributed by atoms with Crippen LogP contribution in [0.25, 0.3) is 0 Å². The number of hydrogen-bond acceptors (Lipinski definition) is 5. The van der Waals surface area contributed by atoms with Gasteiger partial charge in [-0.25, -0.2) is 14.8 Å². The number of carbonyl (C=O) groups is 1. The van der Waals surface area contributed by atoms with Gasteiger partial charge in [-0.15, -0.1) is 0 Å². The van der Waals surface area contributed by atoms with Crippen LogP contribution in [-0.4, -0.2) is 22.1 Å². The van der Waals surface area contributed by atoms with Crippen LogP contribution in [0.1, 0.15) is 25.0 Å². The topological polar surface area (TPSA) is 76.1 Å². The van der Waals surface area contributed by atoms with E-state index in [-0.39, 0.29) is 12.1 Å². The summed E-state index contributed by atoms with van der Waals surface area (Å²) in [5.74, 6) is 0.822. The van der Waals surface area contributed by atoms with Gasteiger partial charge in [0.15, 0.2) is 5.16 Å². The van der Waals surface area contributed by atoms with Crippen molar-refractivity contribution >= 4 is 23.5 Å². The summed E-state index contributed by atoms with van der Waals surface area (Å²) in [5, 5.41) is 6.46. The van der Waals surface area contributed by atoms with Crippen molar-refractivity contribution in [1.29, 1.82) is 0 Å². The van der Waals surface area contributed by atoms with E-state index in [0.717, 1.165) is 27.5 Å². The largest absolute Gasteiger partial charge is 0.491 e. The molecule has 0 spiro atoms. The number of ether oxygens (including phenoxy) is 1. The first-order valence-corrected chi connectivity index (χ1v) is 10.2. The van der Waals surface area contributed by atoms with Crippen LogP contribution in [-0.2, 0) is 6.54 Å². The van der Waals surface area contributed by atoms with Crippen molar-refractivity contribution in [1.82, 2.24) is 15.3 Å². The molecule has 0 atom stereocenters. The minimum Gasteiger partial charge on any atom is -0.491 e. The molecule has 0 saturated heterocycles. The summed E-state index contributed by atoms with van der Waals surface area (Å²) in [7, 11) is 0. The summed E-state index contributed by atoms with van der Waals surface area (Å²) in [6.07, 6.45) is 3.57. The van der Waals surface area contributed by atoms with Crippen LogP contribution in [0.5, 0.6) is 5.75 Å². The van der Waals surface area contributed by atoms with Crippen LogP contribution in [0.4, 0.5) is 10.5 Å². The molecular weight excluding hydrogens is 384 g/mol. The van der Waals surface area contributed by atoms with Crippen LogP contribution in [0.15, 0.2) is 71.0 Å². The second-order valence-electron chi connectivity index (χ2n) is 6.73. The number of anilines is 1. The lowest BCUT2D eigenvalue weighted by Crippen LogP contribution is -2.28. The van der Waals surface area contributed by atoms with Crippen molar-refractivity contribution in [3.63, 3.8) is 0 Å². The van der Waals surface area contributed by atoms with Crippen molar-refractivity contribution in [2.45, 2.75) is 43.5 Å². The van der Waals surface area contributed by atoms with Crippen LogP contribution >= 0.6 is 11.8 Å². The summed E-state index contributed by atoms with van der Waals surface area (Å²) in [6.45, 7) is 6.37. The molecule has 0 unspecified atom stereocenters. The van der Waals surface area contributed by atoms with E-state index >= 15 is 0 Å². The molecule has 1 heterocycles. The molecule has 0 radical (unpaired) electrons.